The molecule has 6 nitrogen and oxygen atoms in total. The van der Waals surface area contributed by atoms with Gasteiger partial charge in [-0.15, -0.1) is 0 Å². The maximum absolute atomic E-state index is 11.8. The summed E-state index contributed by atoms with van der Waals surface area (Å²) in [4.78, 5) is 16.1. The van der Waals surface area contributed by atoms with Gasteiger partial charge in [-0.05, 0) is 19.9 Å². The lowest BCUT2D eigenvalue weighted by Crippen LogP contribution is -2.31. The number of nitrogens with zero attached hydrogens (tertiary/aromatic N) is 3. The second-order valence-electron chi connectivity index (χ2n) is 5.95. The summed E-state index contributed by atoms with van der Waals surface area (Å²) in [7, 11) is 1.37. The van der Waals surface area contributed by atoms with Gasteiger partial charge in [0, 0.05) is 11.5 Å². The van der Waals surface area contributed by atoms with Crippen LogP contribution in [0.4, 0.5) is 0 Å². The molecule has 1 aromatic heterocycles. The number of hydrogen-bond acceptors (Lipinski definition) is 5. The van der Waals surface area contributed by atoms with E-state index in [0.717, 1.165) is 5.75 Å². The molecular weight excluding hydrogens is 282 g/mol. The summed E-state index contributed by atoms with van der Waals surface area (Å²) in [6.07, 6.45) is 1.65. The summed E-state index contributed by atoms with van der Waals surface area (Å²) in [5.74, 6) is 1.29. The lowest BCUT2D eigenvalue weighted by atomic mass is 9.93. The SMILES string of the molecule is COC(=O)C(C)(C)c1ncn(CC2COc3ccccc32)n1. The number of para-hydroxylation sites is 1. The second-order valence-corrected chi connectivity index (χ2v) is 5.95. The molecule has 1 unspecified atom stereocenters. The predicted octanol–water partition coefficient (Wildman–Crippen LogP) is 1.90. The third-order valence-corrected chi connectivity index (χ3v) is 4.00. The molecule has 2 heterocycles. The Bertz CT molecular complexity index is 693. The van der Waals surface area contributed by atoms with Crippen molar-refractivity contribution in [2.45, 2.75) is 31.7 Å². The van der Waals surface area contributed by atoms with Crippen molar-refractivity contribution in [2.24, 2.45) is 0 Å². The molecule has 0 N–H and O–H groups in total. The topological polar surface area (TPSA) is 66.2 Å². The minimum atomic E-state index is -0.857. The van der Waals surface area contributed by atoms with Crippen molar-refractivity contribution < 1.29 is 14.3 Å². The van der Waals surface area contributed by atoms with Crippen molar-refractivity contribution in [3.05, 3.63) is 42.0 Å². The molecule has 22 heavy (non-hydrogen) atoms. The van der Waals surface area contributed by atoms with Crippen LogP contribution in [-0.2, 0) is 21.5 Å². The molecule has 0 amide bonds. The van der Waals surface area contributed by atoms with Crippen molar-refractivity contribution in [1.82, 2.24) is 14.8 Å². The quantitative estimate of drug-likeness (QED) is 0.807. The number of aromatic nitrogens is 3. The van der Waals surface area contributed by atoms with Gasteiger partial charge in [-0.3, -0.25) is 9.48 Å². The van der Waals surface area contributed by atoms with Gasteiger partial charge in [0.1, 0.15) is 17.5 Å². The predicted molar refractivity (Wildman–Crippen MR) is 79.7 cm³/mol. The molecule has 6 heteroatoms. The third-order valence-electron chi connectivity index (χ3n) is 4.00. The number of methoxy groups -OCH3 is 1. The number of hydrogen-bond donors (Lipinski definition) is 0. The van der Waals surface area contributed by atoms with Crippen LogP contribution in [0.2, 0.25) is 0 Å². The van der Waals surface area contributed by atoms with Gasteiger partial charge in [-0.2, -0.15) is 5.10 Å². The number of fused-ring (bicyclic) bond motifs is 1. The van der Waals surface area contributed by atoms with Crippen LogP contribution in [0.15, 0.2) is 30.6 Å². The molecule has 1 aromatic carbocycles. The van der Waals surface area contributed by atoms with E-state index >= 15 is 0 Å². The highest BCUT2D eigenvalue weighted by Crippen LogP contribution is 2.34. The largest absolute Gasteiger partial charge is 0.493 e. The average Bonchev–Trinajstić information content (AvgIpc) is 3.15. The van der Waals surface area contributed by atoms with E-state index in [1.165, 1.54) is 12.7 Å². The number of rotatable bonds is 4. The van der Waals surface area contributed by atoms with E-state index in [1.54, 1.807) is 24.9 Å². The zero-order valence-corrected chi connectivity index (χ0v) is 12.9. The fourth-order valence-electron chi connectivity index (χ4n) is 2.62. The van der Waals surface area contributed by atoms with E-state index in [0.29, 0.717) is 19.0 Å². The van der Waals surface area contributed by atoms with Gasteiger partial charge in [0.05, 0.1) is 20.3 Å². The number of ether oxygens (including phenoxy) is 2. The van der Waals surface area contributed by atoms with Crippen molar-refractivity contribution in [1.29, 1.82) is 0 Å². The van der Waals surface area contributed by atoms with E-state index < -0.39 is 5.41 Å². The van der Waals surface area contributed by atoms with Gasteiger partial charge in [-0.1, -0.05) is 18.2 Å². The fourth-order valence-corrected chi connectivity index (χ4v) is 2.62. The van der Waals surface area contributed by atoms with Crippen LogP contribution in [0, 0.1) is 0 Å². The molecule has 0 aliphatic carbocycles. The smallest absolute Gasteiger partial charge is 0.319 e. The first kappa shape index (κ1) is 14.6. The molecule has 0 saturated heterocycles. The Hall–Kier alpha value is -2.37. The molecule has 0 fully saturated rings. The van der Waals surface area contributed by atoms with Crippen LogP contribution in [0.1, 0.15) is 31.2 Å². The summed E-state index contributed by atoms with van der Waals surface area (Å²) >= 11 is 0. The molecule has 0 saturated carbocycles. The summed E-state index contributed by atoms with van der Waals surface area (Å²) in [5.41, 5.74) is 0.330. The normalized spacial score (nSPS) is 17.0. The number of carbonyl (C=O) groups is 1. The molecule has 3 rings (SSSR count). The van der Waals surface area contributed by atoms with Crippen molar-refractivity contribution in [2.75, 3.05) is 13.7 Å². The first-order chi connectivity index (χ1) is 10.5. The highest BCUT2D eigenvalue weighted by atomic mass is 16.5. The molecule has 0 radical (unpaired) electrons. The number of esters is 1. The monoisotopic (exact) mass is 301 g/mol. The van der Waals surface area contributed by atoms with Gasteiger partial charge in [0.15, 0.2) is 5.82 Å². The minimum Gasteiger partial charge on any atom is -0.493 e. The Morgan fingerprint density at radius 1 is 1.45 bits per heavy atom. The molecule has 1 atom stereocenters. The Kier molecular flexibility index (Phi) is 3.60. The van der Waals surface area contributed by atoms with Crippen LogP contribution in [-0.4, -0.2) is 34.5 Å². The van der Waals surface area contributed by atoms with E-state index in [4.69, 9.17) is 9.47 Å². The van der Waals surface area contributed by atoms with Crippen LogP contribution in [0.5, 0.6) is 5.75 Å². The number of carbonyl (C=O) groups excluding carboxylic acids is 1. The van der Waals surface area contributed by atoms with E-state index in [1.807, 2.05) is 18.2 Å². The lowest BCUT2D eigenvalue weighted by molar-refractivity contribution is -0.146. The van der Waals surface area contributed by atoms with E-state index in [-0.39, 0.29) is 11.9 Å². The molecule has 2 aromatic rings. The number of benzene rings is 1. The van der Waals surface area contributed by atoms with Gasteiger partial charge >= 0.3 is 5.97 Å². The lowest BCUT2D eigenvalue weighted by Gasteiger charge is -2.17. The second kappa shape index (κ2) is 5.44. The first-order valence-corrected chi connectivity index (χ1v) is 7.22. The third kappa shape index (κ3) is 2.45. The molecule has 0 bridgehead atoms. The molecular formula is C16H19N3O3. The Morgan fingerprint density at radius 2 is 2.23 bits per heavy atom. The highest BCUT2D eigenvalue weighted by Gasteiger charge is 2.35. The molecule has 116 valence electrons. The summed E-state index contributed by atoms with van der Waals surface area (Å²) in [6, 6.07) is 8.02. The Labute approximate surface area is 129 Å². The van der Waals surface area contributed by atoms with E-state index in [9.17, 15) is 4.79 Å². The molecule has 1 aliphatic rings. The summed E-state index contributed by atoms with van der Waals surface area (Å²) in [6.45, 7) is 4.81. The molecule has 1 aliphatic heterocycles. The van der Waals surface area contributed by atoms with Crippen LogP contribution < -0.4 is 4.74 Å². The van der Waals surface area contributed by atoms with Crippen LogP contribution in [0.3, 0.4) is 0 Å². The van der Waals surface area contributed by atoms with Gasteiger partial charge in [0.2, 0.25) is 0 Å². The van der Waals surface area contributed by atoms with Crippen LogP contribution in [0.25, 0.3) is 0 Å². The standard InChI is InChI=1S/C16H19N3O3/c1-16(2,15(20)21-3)14-17-10-19(18-14)8-11-9-22-13-7-5-4-6-12(11)13/h4-7,10-11H,8-9H2,1-3H3. The summed E-state index contributed by atoms with van der Waals surface area (Å²) < 4.78 is 12.2. The highest BCUT2D eigenvalue weighted by molar-refractivity contribution is 5.80. The van der Waals surface area contributed by atoms with Crippen molar-refractivity contribution in [3.8, 4) is 5.75 Å². The average molecular weight is 301 g/mol. The molecule has 0 spiro atoms. The van der Waals surface area contributed by atoms with Gasteiger partial charge in [0.25, 0.3) is 0 Å². The summed E-state index contributed by atoms with van der Waals surface area (Å²) in [5, 5.41) is 4.44. The Morgan fingerprint density at radius 3 is 3.00 bits per heavy atom. The minimum absolute atomic E-state index is 0.243. The maximum Gasteiger partial charge on any atom is 0.319 e. The maximum atomic E-state index is 11.8. The zero-order chi connectivity index (χ0) is 15.7. The van der Waals surface area contributed by atoms with Gasteiger partial charge in [-0.25, -0.2) is 4.98 Å². The van der Waals surface area contributed by atoms with E-state index in [2.05, 4.69) is 16.1 Å². The van der Waals surface area contributed by atoms with Crippen molar-refractivity contribution in [3.63, 3.8) is 0 Å². The van der Waals surface area contributed by atoms with Crippen molar-refractivity contribution >= 4 is 5.97 Å². The van der Waals surface area contributed by atoms with Gasteiger partial charge < -0.3 is 9.47 Å². The fraction of sp³-hybridized carbons (Fsp3) is 0.438. The zero-order valence-electron chi connectivity index (χ0n) is 12.9. The first-order valence-electron chi connectivity index (χ1n) is 7.22. The van der Waals surface area contributed by atoms with Crippen LogP contribution >= 0.6 is 0 Å². The Balaban J connectivity index is 1.77.